The van der Waals surface area contributed by atoms with Crippen molar-refractivity contribution in [2.45, 2.75) is 111 Å². The van der Waals surface area contributed by atoms with Gasteiger partial charge in [0.05, 0.1) is 0 Å². The summed E-state index contributed by atoms with van der Waals surface area (Å²) in [6.07, 6.45) is 1.97. The van der Waals surface area contributed by atoms with Gasteiger partial charge in [0.1, 0.15) is 0 Å². The third kappa shape index (κ3) is 7.69. The minimum atomic E-state index is 0.121. The molecular weight excluding hydrogens is 448 g/mol. The van der Waals surface area contributed by atoms with Gasteiger partial charge in [-0.2, -0.15) is 0 Å². The zero-order valence-electron chi connectivity index (χ0n) is 24.8. The lowest BCUT2D eigenvalue weighted by Gasteiger charge is -2.24. The number of hydrogen-bond acceptors (Lipinski definition) is 0. The van der Waals surface area contributed by atoms with E-state index in [0.717, 1.165) is 22.4 Å². The molecule has 0 aromatic heterocycles. The highest BCUT2D eigenvalue weighted by Gasteiger charge is 2.19. The van der Waals surface area contributed by atoms with Crippen LogP contribution in [0.25, 0.3) is 0 Å². The van der Waals surface area contributed by atoms with E-state index in [1.165, 1.54) is 56.1 Å². The van der Waals surface area contributed by atoms with E-state index in [0.29, 0.717) is 0 Å². The fourth-order valence-electron chi connectivity index (χ4n) is 4.87. The van der Waals surface area contributed by atoms with Gasteiger partial charge < -0.3 is 0 Å². The molecule has 0 atom stereocenters. The molecule has 0 fully saturated rings. The van der Waals surface area contributed by atoms with Gasteiger partial charge in [-0.25, -0.2) is 0 Å². The Balaban J connectivity index is 2.04. The topological polar surface area (TPSA) is 0 Å². The first-order chi connectivity index (χ1) is 16.5. The molecule has 192 valence electrons. The average Bonchev–Trinajstić information content (AvgIpc) is 2.71. The summed E-state index contributed by atoms with van der Waals surface area (Å²) in [4.78, 5) is 0. The number of aryl methyl sites for hydroxylation is 1. The molecule has 0 nitrogen and oxygen atoms in total. The van der Waals surface area contributed by atoms with E-state index in [2.05, 4.69) is 130 Å². The van der Waals surface area contributed by atoms with Crippen molar-refractivity contribution in [1.82, 2.24) is 0 Å². The number of benzene rings is 3. The van der Waals surface area contributed by atoms with Gasteiger partial charge >= 0.3 is 0 Å². The molecule has 0 heterocycles. The van der Waals surface area contributed by atoms with Crippen LogP contribution in [0.5, 0.6) is 0 Å². The van der Waals surface area contributed by atoms with E-state index in [1.807, 2.05) is 0 Å². The Bertz CT molecular complexity index is 1190. The van der Waals surface area contributed by atoms with Crippen LogP contribution in [0.4, 0.5) is 0 Å². The maximum atomic E-state index is 2.46. The van der Waals surface area contributed by atoms with Crippen LogP contribution in [0.1, 0.15) is 112 Å². The molecule has 0 unspecified atom stereocenters. The highest BCUT2D eigenvalue weighted by Crippen LogP contribution is 2.30. The molecule has 0 saturated carbocycles. The van der Waals surface area contributed by atoms with Crippen molar-refractivity contribution in [3.05, 3.63) is 105 Å². The summed E-state index contributed by atoms with van der Waals surface area (Å²) < 4.78 is 0. The Morgan fingerprint density at radius 2 is 0.806 bits per heavy atom. The molecule has 36 heavy (non-hydrogen) atoms. The second kappa shape index (κ2) is 10.7. The highest BCUT2D eigenvalue weighted by molar-refractivity contribution is 6.32. The molecule has 2 radical (unpaired) electrons. The Hall–Kier alpha value is -2.12. The van der Waals surface area contributed by atoms with Gasteiger partial charge in [0, 0.05) is 9.52 Å². The maximum Gasteiger partial charge on any atom is 0.0394 e. The molecule has 0 amide bonds. The third-order valence-corrected chi connectivity index (χ3v) is 7.80. The lowest BCUT2D eigenvalue weighted by atomic mass is 9.81. The maximum absolute atomic E-state index is 2.46. The standard InChI is InChI=1S/C35H48Si/c1-24-12-25(18-30(13-24)33(2,3)4)14-26-15-27(20-31(19-26)34(5,6)7)16-28-17-29(23-36-11)22-32(21-28)35(8,9)10/h12-13,15,17-22H,14,16,23H2,1-11H3. The van der Waals surface area contributed by atoms with E-state index in [-0.39, 0.29) is 16.2 Å². The van der Waals surface area contributed by atoms with E-state index in [4.69, 9.17) is 0 Å². The first kappa shape index (κ1) is 28.4. The van der Waals surface area contributed by atoms with Gasteiger partial charge in [0.25, 0.3) is 0 Å². The Kier molecular flexibility index (Phi) is 8.46. The van der Waals surface area contributed by atoms with Crippen LogP contribution in [0, 0.1) is 6.92 Å². The minimum absolute atomic E-state index is 0.121. The molecule has 0 aliphatic carbocycles. The van der Waals surface area contributed by atoms with Gasteiger partial charge in [-0.1, -0.05) is 135 Å². The minimum Gasteiger partial charge on any atom is -0.0730 e. The van der Waals surface area contributed by atoms with Gasteiger partial charge in [-0.05, 0) is 81.0 Å². The zero-order valence-corrected chi connectivity index (χ0v) is 25.8. The molecule has 0 bridgehead atoms. The van der Waals surface area contributed by atoms with Crippen molar-refractivity contribution in [1.29, 1.82) is 0 Å². The molecule has 0 saturated heterocycles. The smallest absolute Gasteiger partial charge is 0.0394 e. The molecule has 3 aromatic rings. The summed E-state index contributed by atoms with van der Waals surface area (Å²) in [6.45, 7) is 25.4. The van der Waals surface area contributed by atoms with Crippen molar-refractivity contribution >= 4 is 9.52 Å². The molecular formula is C35H48Si. The molecule has 0 aliphatic rings. The van der Waals surface area contributed by atoms with Crippen molar-refractivity contribution < 1.29 is 0 Å². The second-order valence-electron chi connectivity index (χ2n) is 13.9. The van der Waals surface area contributed by atoms with Crippen molar-refractivity contribution in [3.8, 4) is 0 Å². The molecule has 0 aliphatic heterocycles. The highest BCUT2D eigenvalue weighted by atomic mass is 28.2. The Labute approximate surface area is 224 Å². The van der Waals surface area contributed by atoms with Crippen LogP contribution in [0.15, 0.2) is 54.6 Å². The Morgan fingerprint density at radius 1 is 0.472 bits per heavy atom. The number of rotatable bonds is 6. The van der Waals surface area contributed by atoms with Crippen LogP contribution in [0.3, 0.4) is 0 Å². The molecule has 0 N–H and O–H groups in total. The van der Waals surface area contributed by atoms with Gasteiger partial charge in [-0.15, -0.1) is 0 Å². The van der Waals surface area contributed by atoms with Gasteiger partial charge in [-0.3, -0.25) is 0 Å². The summed E-state index contributed by atoms with van der Waals surface area (Å²) in [6, 6.07) is 23.0. The lowest BCUT2D eigenvalue weighted by molar-refractivity contribution is 0.587. The van der Waals surface area contributed by atoms with E-state index in [1.54, 1.807) is 0 Å². The van der Waals surface area contributed by atoms with Crippen molar-refractivity contribution in [2.75, 3.05) is 0 Å². The largest absolute Gasteiger partial charge is 0.0730 e. The normalized spacial score (nSPS) is 12.8. The summed E-state index contributed by atoms with van der Waals surface area (Å²) in [5.41, 5.74) is 13.3. The number of hydrogen-bond donors (Lipinski definition) is 0. The third-order valence-electron chi connectivity index (χ3n) is 7.04. The van der Waals surface area contributed by atoms with Gasteiger partial charge in [0.15, 0.2) is 0 Å². The molecule has 0 spiro atoms. The van der Waals surface area contributed by atoms with Gasteiger partial charge in [0.2, 0.25) is 0 Å². The van der Waals surface area contributed by atoms with Crippen LogP contribution >= 0.6 is 0 Å². The predicted octanol–water partition coefficient (Wildman–Crippen LogP) is 9.32. The average molecular weight is 497 g/mol. The van der Waals surface area contributed by atoms with Crippen LogP contribution in [-0.2, 0) is 35.1 Å². The first-order valence-corrected chi connectivity index (χ1v) is 15.3. The second-order valence-corrected chi connectivity index (χ2v) is 15.0. The lowest BCUT2D eigenvalue weighted by Crippen LogP contribution is -2.14. The van der Waals surface area contributed by atoms with Crippen molar-refractivity contribution in [3.63, 3.8) is 0 Å². The monoisotopic (exact) mass is 496 g/mol. The fraction of sp³-hybridized carbons (Fsp3) is 0.486. The predicted molar refractivity (Wildman–Crippen MR) is 161 cm³/mol. The van der Waals surface area contributed by atoms with E-state index < -0.39 is 0 Å². The molecule has 1 heteroatoms. The van der Waals surface area contributed by atoms with E-state index >= 15 is 0 Å². The summed E-state index contributed by atoms with van der Waals surface area (Å²) in [5, 5.41) is 0. The summed E-state index contributed by atoms with van der Waals surface area (Å²) in [5.74, 6) is 0. The summed E-state index contributed by atoms with van der Waals surface area (Å²) in [7, 11) is 0.945. The van der Waals surface area contributed by atoms with Crippen LogP contribution in [0.2, 0.25) is 6.55 Å². The van der Waals surface area contributed by atoms with Crippen LogP contribution in [-0.4, -0.2) is 9.52 Å². The molecule has 3 rings (SSSR count). The first-order valence-electron chi connectivity index (χ1n) is 13.6. The van der Waals surface area contributed by atoms with Crippen molar-refractivity contribution in [2.24, 2.45) is 0 Å². The van der Waals surface area contributed by atoms with E-state index in [9.17, 15) is 0 Å². The summed E-state index contributed by atoms with van der Waals surface area (Å²) >= 11 is 0. The SMILES string of the molecule is C[Si]Cc1cc(Cc2cc(Cc3cc(C)cc(C(C)(C)C)c3)cc(C(C)(C)C)c2)cc(C(C)(C)C)c1. The quantitative estimate of drug-likeness (QED) is 0.298. The zero-order chi connectivity index (χ0) is 26.9. The molecule has 3 aromatic carbocycles. The Morgan fingerprint density at radius 3 is 1.19 bits per heavy atom. The fourth-order valence-corrected chi connectivity index (χ4v) is 5.48. The van der Waals surface area contributed by atoms with Crippen LogP contribution < -0.4 is 0 Å².